The number of nitrogens with one attached hydrogen (secondary N) is 1. The van der Waals surface area contributed by atoms with Crippen molar-refractivity contribution in [2.24, 2.45) is 0 Å². The molecule has 1 atom stereocenters. The van der Waals surface area contributed by atoms with E-state index in [1.165, 1.54) is 12.3 Å². The topological polar surface area (TPSA) is 108 Å². The van der Waals surface area contributed by atoms with Gasteiger partial charge in [0, 0.05) is 19.2 Å². The van der Waals surface area contributed by atoms with Gasteiger partial charge in [-0.15, -0.1) is 0 Å². The van der Waals surface area contributed by atoms with E-state index in [1.807, 2.05) is 6.07 Å². The van der Waals surface area contributed by atoms with Crippen molar-refractivity contribution < 1.29 is 14.6 Å². The van der Waals surface area contributed by atoms with Gasteiger partial charge in [-0.2, -0.15) is 5.26 Å². The Balaban J connectivity index is 2.24. The highest BCUT2D eigenvalue weighted by Gasteiger charge is 2.43. The molecule has 7 heteroatoms. The van der Waals surface area contributed by atoms with Crippen molar-refractivity contribution in [3.63, 3.8) is 0 Å². The first-order valence-electron chi connectivity index (χ1n) is 4.99. The van der Waals surface area contributed by atoms with Crippen LogP contribution in [-0.2, 0) is 9.53 Å². The molecule has 1 unspecified atom stereocenters. The lowest BCUT2D eigenvalue weighted by atomic mass is 9.99. The highest BCUT2D eigenvalue weighted by atomic mass is 16.5. The Hall–Kier alpha value is -2.20. The van der Waals surface area contributed by atoms with Crippen LogP contribution in [0.3, 0.4) is 0 Å². The fourth-order valence-electron chi connectivity index (χ4n) is 1.58. The SMILES string of the molecule is N#Cc1ccnc(NC2(C(=O)O)CCOC2)n1. The van der Waals surface area contributed by atoms with Gasteiger partial charge in [0.15, 0.2) is 5.54 Å². The highest BCUT2D eigenvalue weighted by Crippen LogP contribution is 2.23. The zero-order valence-corrected chi connectivity index (χ0v) is 8.88. The van der Waals surface area contributed by atoms with E-state index in [1.54, 1.807) is 0 Å². The Morgan fingerprint density at radius 2 is 2.53 bits per heavy atom. The molecule has 2 N–H and O–H groups in total. The van der Waals surface area contributed by atoms with Gasteiger partial charge in [-0.1, -0.05) is 0 Å². The summed E-state index contributed by atoms with van der Waals surface area (Å²) in [6, 6.07) is 3.31. The first-order chi connectivity index (χ1) is 8.16. The maximum atomic E-state index is 11.2. The van der Waals surface area contributed by atoms with Crippen LogP contribution in [0.5, 0.6) is 0 Å². The molecule has 1 aliphatic heterocycles. The largest absolute Gasteiger partial charge is 0.479 e. The summed E-state index contributed by atoms with van der Waals surface area (Å²) in [5.74, 6) is -0.891. The molecule has 0 aliphatic carbocycles. The molecule has 0 bridgehead atoms. The van der Waals surface area contributed by atoms with Gasteiger partial charge < -0.3 is 15.2 Å². The van der Waals surface area contributed by atoms with E-state index in [2.05, 4.69) is 15.3 Å². The third-order valence-corrected chi connectivity index (χ3v) is 2.55. The minimum absolute atomic E-state index is 0.0580. The smallest absolute Gasteiger partial charge is 0.331 e. The summed E-state index contributed by atoms with van der Waals surface area (Å²) in [5.41, 5.74) is -1.02. The molecule has 1 aliphatic rings. The van der Waals surface area contributed by atoms with Gasteiger partial charge in [0.2, 0.25) is 5.95 Å². The number of rotatable bonds is 3. The number of carbonyl (C=O) groups is 1. The van der Waals surface area contributed by atoms with Crippen LogP contribution in [-0.4, -0.2) is 39.8 Å². The monoisotopic (exact) mass is 234 g/mol. The zero-order chi connectivity index (χ0) is 12.3. The molecular weight excluding hydrogens is 224 g/mol. The van der Waals surface area contributed by atoms with E-state index in [4.69, 9.17) is 10.00 Å². The molecule has 1 aromatic rings. The maximum absolute atomic E-state index is 11.2. The lowest BCUT2D eigenvalue weighted by Crippen LogP contribution is -2.47. The van der Waals surface area contributed by atoms with Crippen molar-refractivity contribution in [3.05, 3.63) is 18.0 Å². The second kappa shape index (κ2) is 4.35. The third kappa shape index (κ3) is 2.16. The Labute approximate surface area is 97.1 Å². The van der Waals surface area contributed by atoms with Crippen LogP contribution in [0.25, 0.3) is 0 Å². The molecule has 0 amide bonds. The van der Waals surface area contributed by atoms with Gasteiger partial charge in [-0.3, -0.25) is 0 Å². The average Bonchev–Trinajstić information content (AvgIpc) is 2.79. The number of aromatic nitrogens is 2. The number of hydrogen-bond acceptors (Lipinski definition) is 6. The quantitative estimate of drug-likeness (QED) is 0.757. The van der Waals surface area contributed by atoms with Crippen molar-refractivity contribution in [2.45, 2.75) is 12.0 Å². The second-order valence-corrected chi connectivity index (χ2v) is 3.69. The van der Waals surface area contributed by atoms with Crippen molar-refractivity contribution in [1.29, 1.82) is 5.26 Å². The van der Waals surface area contributed by atoms with Gasteiger partial charge in [-0.25, -0.2) is 14.8 Å². The standard InChI is InChI=1S/C10H10N4O3/c11-5-7-1-3-12-9(13-7)14-10(8(15)16)2-4-17-6-10/h1,3H,2,4,6H2,(H,15,16)(H,12,13,14). The minimum Gasteiger partial charge on any atom is -0.479 e. The van der Waals surface area contributed by atoms with Crippen molar-refractivity contribution in [1.82, 2.24) is 9.97 Å². The normalized spacial score (nSPS) is 23.0. The van der Waals surface area contributed by atoms with E-state index >= 15 is 0 Å². The van der Waals surface area contributed by atoms with Crippen LogP contribution in [0.15, 0.2) is 12.3 Å². The fourth-order valence-corrected chi connectivity index (χ4v) is 1.58. The molecule has 17 heavy (non-hydrogen) atoms. The van der Waals surface area contributed by atoms with Gasteiger partial charge in [-0.05, 0) is 6.07 Å². The number of hydrogen-bond donors (Lipinski definition) is 2. The van der Waals surface area contributed by atoms with Crippen LogP contribution in [0, 0.1) is 11.3 Å². The minimum atomic E-state index is -1.20. The third-order valence-electron chi connectivity index (χ3n) is 2.55. The number of ether oxygens (including phenoxy) is 1. The molecule has 88 valence electrons. The molecule has 1 fully saturated rings. The molecule has 0 aromatic carbocycles. The van der Waals surface area contributed by atoms with E-state index in [0.29, 0.717) is 13.0 Å². The molecular formula is C10H10N4O3. The molecule has 7 nitrogen and oxygen atoms in total. The van der Waals surface area contributed by atoms with Crippen LogP contribution in [0.2, 0.25) is 0 Å². The van der Waals surface area contributed by atoms with Crippen molar-refractivity contribution >= 4 is 11.9 Å². The summed E-state index contributed by atoms with van der Waals surface area (Å²) >= 11 is 0. The summed E-state index contributed by atoms with van der Waals surface area (Å²) in [6.07, 6.45) is 1.74. The van der Waals surface area contributed by atoms with Crippen LogP contribution >= 0.6 is 0 Å². The second-order valence-electron chi connectivity index (χ2n) is 3.69. The van der Waals surface area contributed by atoms with Gasteiger partial charge in [0.05, 0.1) is 6.61 Å². The van der Waals surface area contributed by atoms with Crippen molar-refractivity contribution in [3.8, 4) is 6.07 Å². The molecule has 1 saturated heterocycles. The molecule has 2 rings (SSSR count). The van der Waals surface area contributed by atoms with Gasteiger partial charge in [0.25, 0.3) is 0 Å². The first-order valence-corrected chi connectivity index (χ1v) is 4.99. The lowest BCUT2D eigenvalue weighted by molar-refractivity contribution is -0.142. The molecule has 0 saturated carbocycles. The van der Waals surface area contributed by atoms with Gasteiger partial charge in [0.1, 0.15) is 11.8 Å². The predicted molar refractivity (Wildman–Crippen MR) is 56.2 cm³/mol. The van der Waals surface area contributed by atoms with Gasteiger partial charge >= 0.3 is 5.97 Å². The summed E-state index contributed by atoms with van der Waals surface area (Å²) in [7, 11) is 0. The molecule has 1 aromatic heterocycles. The first kappa shape index (κ1) is 11.3. The summed E-state index contributed by atoms with van der Waals surface area (Å²) in [4.78, 5) is 19.0. The van der Waals surface area contributed by atoms with Crippen LogP contribution < -0.4 is 5.32 Å². The Morgan fingerprint density at radius 3 is 3.12 bits per heavy atom. The lowest BCUT2D eigenvalue weighted by Gasteiger charge is -2.23. The summed E-state index contributed by atoms with van der Waals surface area (Å²) < 4.78 is 5.09. The number of nitriles is 1. The number of nitrogens with zero attached hydrogens (tertiary/aromatic N) is 3. The number of anilines is 1. The fraction of sp³-hybridized carbons (Fsp3) is 0.400. The van der Waals surface area contributed by atoms with Crippen molar-refractivity contribution in [2.75, 3.05) is 18.5 Å². The number of carboxylic acids is 1. The Morgan fingerprint density at radius 1 is 1.71 bits per heavy atom. The van der Waals surface area contributed by atoms with E-state index in [-0.39, 0.29) is 18.2 Å². The summed E-state index contributed by atoms with van der Waals surface area (Å²) in [6.45, 7) is 0.430. The Kier molecular flexibility index (Phi) is 2.89. The van der Waals surface area contributed by atoms with Crippen LogP contribution in [0.4, 0.5) is 5.95 Å². The molecule has 0 radical (unpaired) electrons. The maximum Gasteiger partial charge on any atom is 0.331 e. The zero-order valence-electron chi connectivity index (χ0n) is 8.88. The molecule has 0 spiro atoms. The highest BCUT2D eigenvalue weighted by molar-refractivity contribution is 5.82. The predicted octanol–water partition coefficient (Wildman–Crippen LogP) is 0.00388. The van der Waals surface area contributed by atoms with E-state index < -0.39 is 11.5 Å². The van der Waals surface area contributed by atoms with E-state index in [9.17, 15) is 9.90 Å². The Bertz CT molecular complexity index is 477. The molecule has 2 heterocycles. The summed E-state index contributed by atoms with van der Waals surface area (Å²) in [5, 5.41) is 20.6. The number of aliphatic carboxylic acids is 1. The average molecular weight is 234 g/mol. The number of carboxylic acid groups (broad SMARTS) is 1. The van der Waals surface area contributed by atoms with E-state index in [0.717, 1.165) is 0 Å². The van der Waals surface area contributed by atoms with Crippen LogP contribution in [0.1, 0.15) is 12.1 Å².